The molecule has 14 heavy (non-hydrogen) atoms. The minimum absolute atomic E-state index is 0.676. The maximum absolute atomic E-state index is 5.40. The molecule has 1 unspecified atom stereocenters. The quantitative estimate of drug-likeness (QED) is 0.812. The molecule has 1 N–H and O–H groups in total. The van der Waals surface area contributed by atoms with Gasteiger partial charge in [-0.15, -0.1) is 5.10 Å². The van der Waals surface area contributed by atoms with E-state index in [9.17, 15) is 0 Å². The third-order valence-electron chi connectivity index (χ3n) is 2.40. The number of hydrogen-bond acceptors (Lipinski definition) is 5. The van der Waals surface area contributed by atoms with Crippen molar-refractivity contribution in [1.29, 1.82) is 0 Å². The van der Waals surface area contributed by atoms with E-state index in [-0.39, 0.29) is 0 Å². The Hall–Kier alpha value is -0.520. The molecule has 0 spiro atoms. The third-order valence-corrected chi connectivity index (χ3v) is 2.95. The topological polar surface area (TPSA) is 47.0 Å². The fourth-order valence-electron chi connectivity index (χ4n) is 1.63. The molecule has 1 fully saturated rings. The van der Waals surface area contributed by atoms with Crippen LogP contribution < -0.4 is 5.32 Å². The number of rotatable bonds is 4. The monoisotopic (exact) mass is 213 g/mol. The van der Waals surface area contributed by atoms with Crippen LogP contribution in [0.5, 0.6) is 0 Å². The summed E-state index contributed by atoms with van der Waals surface area (Å²) in [5.41, 5.74) is 1.03. The fraction of sp³-hybridized carbons (Fsp3) is 0.778. The standard InChI is InChI=1S/C9H15N3OS/c1-2-8(6-13-3-1)4-10-5-9-7-14-12-11-9/h7-8,10H,1-6H2. The van der Waals surface area contributed by atoms with Crippen LogP contribution in [0.15, 0.2) is 5.38 Å². The van der Waals surface area contributed by atoms with E-state index < -0.39 is 0 Å². The zero-order valence-electron chi connectivity index (χ0n) is 8.11. The molecule has 1 atom stereocenters. The van der Waals surface area contributed by atoms with E-state index in [0.717, 1.165) is 32.0 Å². The Bertz CT molecular complexity index is 247. The second-order valence-electron chi connectivity index (χ2n) is 3.61. The van der Waals surface area contributed by atoms with Crippen molar-refractivity contribution < 1.29 is 4.74 Å². The lowest BCUT2D eigenvalue weighted by Crippen LogP contribution is -2.28. The van der Waals surface area contributed by atoms with Gasteiger partial charge in [0, 0.05) is 25.1 Å². The normalized spacial score (nSPS) is 22.4. The average molecular weight is 213 g/mol. The highest BCUT2D eigenvalue weighted by Gasteiger charge is 2.12. The Labute approximate surface area is 87.8 Å². The molecular weight excluding hydrogens is 198 g/mol. The maximum atomic E-state index is 5.40. The van der Waals surface area contributed by atoms with Crippen LogP contribution in [0.3, 0.4) is 0 Å². The second kappa shape index (κ2) is 5.38. The largest absolute Gasteiger partial charge is 0.381 e. The summed E-state index contributed by atoms with van der Waals surface area (Å²) in [5, 5.41) is 9.33. The predicted octanol–water partition coefficient (Wildman–Crippen LogP) is 1.05. The molecule has 0 aromatic carbocycles. The Kier molecular flexibility index (Phi) is 3.85. The summed E-state index contributed by atoms with van der Waals surface area (Å²) in [6, 6.07) is 0. The van der Waals surface area contributed by atoms with Crippen molar-refractivity contribution >= 4 is 11.5 Å². The lowest BCUT2D eigenvalue weighted by atomic mass is 10.0. The Balaban J connectivity index is 1.62. The maximum Gasteiger partial charge on any atom is 0.0893 e. The summed E-state index contributed by atoms with van der Waals surface area (Å²) >= 11 is 1.40. The van der Waals surface area contributed by atoms with Gasteiger partial charge in [-0.25, -0.2) is 0 Å². The van der Waals surface area contributed by atoms with Crippen LogP contribution in [0.2, 0.25) is 0 Å². The first kappa shape index (κ1) is 10.0. The lowest BCUT2D eigenvalue weighted by molar-refractivity contribution is 0.0547. The molecule has 1 aliphatic heterocycles. The number of ether oxygens (including phenoxy) is 1. The number of hydrogen-bond donors (Lipinski definition) is 1. The Morgan fingerprint density at radius 1 is 1.64 bits per heavy atom. The molecule has 1 saturated heterocycles. The van der Waals surface area contributed by atoms with Gasteiger partial charge in [0.1, 0.15) is 0 Å². The number of nitrogens with zero attached hydrogens (tertiary/aromatic N) is 2. The fourth-order valence-corrected chi connectivity index (χ4v) is 2.09. The van der Waals surface area contributed by atoms with Gasteiger partial charge in [0.2, 0.25) is 0 Å². The summed E-state index contributed by atoms with van der Waals surface area (Å²) in [6.07, 6.45) is 2.48. The summed E-state index contributed by atoms with van der Waals surface area (Å²) in [7, 11) is 0. The van der Waals surface area contributed by atoms with Crippen LogP contribution in [-0.4, -0.2) is 29.3 Å². The molecule has 2 heterocycles. The van der Waals surface area contributed by atoms with E-state index in [1.165, 1.54) is 24.4 Å². The molecule has 0 bridgehead atoms. The van der Waals surface area contributed by atoms with Crippen LogP contribution in [0.25, 0.3) is 0 Å². The van der Waals surface area contributed by atoms with E-state index in [4.69, 9.17) is 4.74 Å². The third kappa shape index (κ3) is 3.01. The zero-order chi connectivity index (χ0) is 9.64. The summed E-state index contributed by atoms with van der Waals surface area (Å²) in [5.74, 6) is 0.676. The highest BCUT2D eigenvalue weighted by atomic mass is 32.1. The van der Waals surface area contributed by atoms with Gasteiger partial charge in [-0.3, -0.25) is 0 Å². The summed E-state index contributed by atoms with van der Waals surface area (Å²) in [4.78, 5) is 0. The minimum Gasteiger partial charge on any atom is -0.381 e. The van der Waals surface area contributed by atoms with E-state index in [2.05, 4.69) is 14.9 Å². The SMILES string of the molecule is c1snnc1CNCC1CCCOC1. The molecule has 4 nitrogen and oxygen atoms in total. The van der Waals surface area contributed by atoms with Gasteiger partial charge in [-0.05, 0) is 30.3 Å². The van der Waals surface area contributed by atoms with E-state index >= 15 is 0 Å². The van der Waals surface area contributed by atoms with Crippen LogP contribution in [0.1, 0.15) is 18.5 Å². The lowest BCUT2D eigenvalue weighted by Gasteiger charge is -2.21. The van der Waals surface area contributed by atoms with Crippen molar-refractivity contribution in [2.75, 3.05) is 19.8 Å². The van der Waals surface area contributed by atoms with Gasteiger partial charge < -0.3 is 10.1 Å². The first-order valence-corrected chi connectivity index (χ1v) is 5.83. The molecule has 2 rings (SSSR count). The molecule has 0 amide bonds. The molecule has 1 aromatic heterocycles. The van der Waals surface area contributed by atoms with Crippen molar-refractivity contribution in [3.8, 4) is 0 Å². The van der Waals surface area contributed by atoms with Crippen LogP contribution >= 0.6 is 11.5 Å². The molecule has 0 saturated carbocycles. The van der Waals surface area contributed by atoms with Gasteiger partial charge in [0.15, 0.2) is 0 Å². The predicted molar refractivity (Wildman–Crippen MR) is 55.2 cm³/mol. The van der Waals surface area contributed by atoms with Crippen molar-refractivity contribution in [1.82, 2.24) is 14.9 Å². The van der Waals surface area contributed by atoms with Gasteiger partial charge in [0.05, 0.1) is 12.3 Å². The zero-order valence-corrected chi connectivity index (χ0v) is 8.92. The van der Waals surface area contributed by atoms with Crippen molar-refractivity contribution in [2.24, 2.45) is 5.92 Å². The van der Waals surface area contributed by atoms with Crippen molar-refractivity contribution in [2.45, 2.75) is 19.4 Å². The number of nitrogens with one attached hydrogen (secondary N) is 1. The van der Waals surface area contributed by atoms with E-state index in [1.54, 1.807) is 0 Å². The van der Waals surface area contributed by atoms with Gasteiger partial charge in [0.25, 0.3) is 0 Å². The molecule has 78 valence electrons. The Morgan fingerprint density at radius 3 is 3.36 bits per heavy atom. The molecule has 0 radical (unpaired) electrons. The Morgan fingerprint density at radius 2 is 2.64 bits per heavy atom. The van der Waals surface area contributed by atoms with Crippen LogP contribution in [-0.2, 0) is 11.3 Å². The smallest absolute Gasteiger partial charge is 0.0893 e. The average Bonchev–Trinajstić information content (AvgIpc) is 2.72. The molecule has 0 aliphatic carbocycles. The summed E-state index contributed by atoms with van der Waals surface area (Å²) in [6.45, 7) is 3.69. The van der Waals surface area contributed by atoms with Gasteiger partial charge >= 0.3 is 0 Å². The number of aromatic nitrogens is 2. The summed E-state index contributed by atoms with van der Waals surface area (Å²) < 4.78 is 9.22. The highest BCUT2D eigenvalue weighted by molar-refractivity contribution is 7.03. The van der Waals surface area contributed by atoms with Gasteiger partial charge in [-0.2, -0.15) is 0 Å². The second-order valence-corrected chi connectivity index (χ2v) is 4.22. The molecule has 5 heteroatoms. The van der Waals surface area contributed by atoms with Crippen LogP contribution in [0, 0.1) is 5.92 Å². The van der Waals surface area contributed by atoms with Crippen LogP contribution in [0.4, 0.5) is 0 Å². The van der Waals surface area contributed by atoms with Crippen molar-refractivity contribution in [3.63, 3.8) is 0 Å². The minimum atomic E-state index is 0.676. The first-order valence-electron chi connectivity index (χ1n) is 4.99. The molecule has 1 aliphatic rings. The molecular formula is C9H15N3OS. The van der Waals surface area contributed by atoms with Gasteiger partial charge in [-0.1, -0.05) is 4.49 Å². The van der Waals surface area contributed by atoms with E-state index in [1.807, 2.05) is 5.38 Å². The molecule has 1 aromatic rings. The van der Waals surface area contributed by atoms with Crippen molar-refractivity contribution in [3.05, 3.63) is 11.1 Å². The van der Waals surface area contributed by atoms with E-state index in [0.29, 0.717) is 5.92 Å². The first-order chi connectivity index (χ1) is 6.95. The highest BCUT2D eigenvalue weighted by Crippen LogP contribution is 2.12.